The Kier molecular flexibility index (Phi) is 8.73. The monoisotopic (exact) mass is 616 g/mol. The second-order valence-corrected chi connectivity index (χ2v) is 12.0. The maximum absolute atomic E-state index is 13.0. The number of carbonyl (C=O) groups is 5. The minimum absolute atomic E-state index is 0.0428. The number of esters is 5. The summed E-state index contributed by atoms with van der Waals surface area (Å²) in [5, 5.41) is 24.2. The first-order valence-electron chi connectivity index (χ1n) is 13.7. The van der Waals surface area contributed by atoms with Gasteiger partial charge in [-0.25, -0.2) is 0 Å². The number of halogens is 1. The lowest BCUT2D eigenvalue weighted by molar-refractivity contribution is -0.281. The number of alkyl halides is 1. The Morgan fingerprint density at radius 3 is 2.05 bits per heavy atom. The summed E-state index contributed by atoms with van der Waals surface area (Å²) in [5.74, 6) is -6.56. The van der Waals surface area contributed by atoms with Crippen LogP contribution < -0.4 is 0 Å². The Labute approximate surface area is 247 Å². The van der Waals surface area contributed by atoms with Gasteiger partial charge in [-0.05, 0) is 25.8 Å². The van der Waals surface area contributed by atoms with Crippen LogP contribution in [0.4, 0.5) is 0 Å². The highest BCUT2D eigenvalue weighted by Gasteiger charge is 2.80. The molecule has 0 radical (unpaired) electrons. The average Bonchev–Trinajstić information content (AvgIpc) is 3.64. The van der Waals surface area contributed by atoms with Gasteiger partial charge in [0.1, 0.15) is 23.9 Å². The van der Waals surface area contributed by atoms with E-state index in [0.29, 0.717) is 5.57 Å². The van der Waals surface area contributed by atoms with Crippen molar-refractivity contribution < 1.29 is 62.6 Å². The van der Waals surface area contributed by atoms with E-state index in [1.54, 1.807) is 6.92 Å². The van der Waals surface area contributed by atoms with Gasteiger partial charge in [0.25, 0.3) is 0 Å². The standard InChI is InChI=1S/C28H37ClO13/c1-12-25(35)42-19-9-17(10-29)7-8-18(38-13(2)30)26(6)21(24(28(12,19)36)41-16(5)33)27(11-37-27)22(34)20(39-14(3)31)23(26)40-15(4)32/h9,12,18-24,34,36H,7-8,10-11H2,1-6H3/b17-9+/t12-,18-,19-,20-,21+,22+,23-,24-,26+,27-,28-/m0/s1. The van der Waals surface area contributed by atoms with Gasteiger partial charge in [-0.2, -0.15) is 0 Å². The van der Waals surface area contributed by atoms with Crippen molar-refractivity contribution in [3.63, 3.8) is 0 Å². The highest BCUT2D eigenvalue weighted by Crippen LogP contribution is 2.62. The van der Waals surface area contributed by atoms with E-state index in [9.17, 15) is 34.2 Å². The first kappa shape index (κ1) is 32.2. The lowest BCUT2D eigenvalue weighted by Crippen LogP contribution is -2.75. The molecule has 0 aromatic heterocycles. The predicted octanol–water partition coefficient (Wildman–Crippen LogP) is 0.731. The van der Waals surface area contributed by atoms with Crippen molar-refractivity contribution in [3.8, 4) is 0 Å². The van der Waals surface area contributed by atoms with E-state index in [0.717, 1.165) is 20.8 Å². The van der Waals surface area contributed by atoms with Gasteiger partial charge in [0.2, 0.25) is 0 Å². The van der Waals surface area contributed by atoms with Gasteiger partial charge in [-0.1, -0.05) is 12.5 Å². The minimum Gasteiger partial charge on any atom is -0.462 e. The molecule has 13 nitrogen and oxygen atoms in total. The summed E-state index contributed by atoms with van der Waals surface area (Å²) in [6.07, 6.45) is -7.09. The Bertz CT molecular complexity index is 1180. The molecule has 1 saturated carbocycles. The summed E-state index contributed by atoms with van der Waals surface area (Å²) in [6.45, 7) is 7.32. The van der Waals surface area contributed by atoms with Gasteiger partial charge in [0.05, 0.1) is 17.9 Å². The summed E-state index contributed by atoms with van der Waals surface area (Å²) < 4.78 is 34.5. The number of aliphatic hydroxyl groups excluding tert-OH is 1. The highest BCUT2D eigenvalue weighted by molar-refractivity contribution is 6.19. The van der Waals surface area contributed by atoms with Crippen molar-refractivity contribution in [2.24, 2.45) is 17.3 Å². The fourth-order valence-corrected chi connectivity index (χ4v) is 7.36. The van der Waals surface area contributed by atoms with Crippen molar-refractivity contribution in [2.45, 2.75) is 102 Å². The van der Waals surface area contributed by atoms with Gasteiger partial charge in [-0.3, -0.25) is 24.0 Å². The van der Waals surface area contributed by atoms with Crippen LogP contribution in [-0.2, 0) is 52.4 Å². The van der Waals surface area contributed by atoms with Gasteiger partial charge in [-0.15, -0.1) is 11.6 Å². The summed E-state index contributed by atoms with van der Waals surface area (Å²) >= 11 is 6.24. The third kappa shape index (κ3) is 5.18. The molecule has 14 heteroatoms. The van der Waals surface area contributed by atoms with Crippen LogP contribution in [0.5, 0.6) is 0 Å². The summed E-state index contributed by atoms with van der Waals surface area (Å²) in [5.41, 5.74) is -5.06. The number of rotatable bonds is 5. The number of carbonyl (C=O) groups excluding carboxylic acids is 5. The van der Waals surface area contributed by atoms with Gasteiger partial charge in [0.15, 0.2) is 23.9 Å². The number of allylic oxidation sites excluding steroid dienone is 1. The van der Waals surface area contributed by atoms with Crippen LogP contribution >= 0.6 is 11.6 Å². The molecule has 4 rings (SSSR count). The predicted molar refractivity (Wildman–Crippen MR) is 141 cm³/mol. The Hall–Kier alpha value is -2.74. The van der Waals surface area contributed by atoms with E-state index in [2.05, 4.69) is 0 Å². The normalized spacial score (nSPS) is 43.9. The van der Waals surface area contributed by atoms with E-state index in [1.807, 2.05) is 0 Å². The van der Waals surface area contributed by atoms with E-state index < -0.39 is 94.9 Å². The van der Waals surface area contributed by atoms with Gasteiger partial charge < -0.3 is 38.6 Å². The number of epoxide rings is 1. The molecule has 0 bridgehead atoms. The number of hydrogen-bond donors (Lipinski definition) is 2. The van der Waals surface area contributed by atoms with E-state index in [1.165, 1.54) is 19.9 Å². The summed E-state index contributed by atoms with van der Waals surface area (Å²) in [4.78, 5) is 63.0. The fourth-order valence-electron chi connectivity index (χ4n) is 7.14. The Balaban J connectivity index is 2.10. The van der Waals surface area contributed by atoms with Crippen LogP contribution in [0.15, 0.2) is 11.6 Å². The van der Waals surface area contributed by atoms with Crippen molar-refractivity contribution in [3.05, 3.63) is 11.6 Å². The van der Waals surface area contributed by atoms with E-state index in [4.69, 9.17) is 40.0 Å². The zero-order valence-electron chi connectivity index (χ0n) is 24.3. The summed E-state index contributed by atoms with van der Waals surface area (Å²) in [6, 6.07) is 0. The lowest BCUT2D eigenvalue weighted by atomic mass is 9.51. The van der Waals surface area contributed by atoms with Crippen molar-refractivity contribution in [1.82, 2.24) is 0 Å². The van der Waals surface area contributed by atoms with E-state index >= 15 is 0 Å². The topological polar surface area (TPSA) is 184 Å². The average molecular weight is 617 g/mol. The molecule has 2 N–H and O–H groups in total. The molecule has 2 heterocycles. The molecular formula is C28H37ClO13. The third-order valence-electron chi connectivity index (χ3n) is 9.08. The smallest absolute Gasteiger partial charge is 0.312 e. The molecule has 2 aliphatic carbocycles. The molecular weight excluding hydrogens is 580 g/mol. The number of aliphatic hydroxyl groups is 2. The summed E-state index contributed by atoms with van der Waals surface area (Å²) in [7, 11) is 0. The van der Waals surface area contributed by atoms with Crippen LogP contribution in [0.3, 0.4) is 0 Å². The zero-order chi connectivity index (χ0) is 31.4. The van der Waals surface area contributed by atoms with Crippen molar-refractivity contribution in [2.75, 3.05) is 12.5 Å². The number of fused-ring (bicyclic) bond motifs is 3. The fraction of sp³-hybridized carbons (Fsp3) is 0.750. The van der Waals surface area contributed by atoms with Crippen LogP contribution in [-0.4, -0.2) is 100 Å². The molecule has 234 valence electrons. The van der Waals surface area contributed by atoms with E-state index in [-0.39, 0.29) is 25.3 Å². The number of hydrogen-bond acceptors (Lipinski definition) is 13. The molecule has 4 aliphatic rings. The minimum atomic E-state index is -2.25. The largest absolute Gasteiger partial charge is 0.462 e. The van der Waals surface area contributed by atoms with Crippen LogP contribution in [0, 0.1) is 17.3 Å². The van der Waals surface area contributed by atoms with Crippen LogP contribution in [0.2, 0.25) is 0 Å². The van der Waals surface area contributed by atoms with Gasteiger partial charge >= 0.3 is 29.8 Å². The molecule has 42 heavy (non-hydrogen) atoms. The second kappa shape index (κ2) is 11.4. The molecule has 2 saturated heterocycles. The Morgan fingerprint density at radius 2 is 1.55 bits per heavy atom. The van der Waals surface area contributed by atoms with Crippen molar-refractivity contribution in [1.29, 1.82) is 0 Å². The SMILES string of the molecule is CC(=O)O[C@H]1[C@@H](O)[C@]2(CO2)[C@@H]2[C@H](OC(C)=O)[C@@]3(O)[C@H](/C=C(/CCl)CC[C@H](OC(C)=O)[C@@]2(C)[C@H]1OC(C)=O)OC(=O)[C@@H]3C. The molecule has 3 fully saturated rings. The van der Waals surface area contributed by atoms with Crippen LogP contribution in [0.25, 0.3) is 0 Å². The molecule has 0 unspecified atom stereocenters. The van der Waals surface area contributed by atoms with Gasteiger partial charge in [0, 0.05) is 39.5 Å². The molecule has 1 spiro atoms. The first-order chi connectivity index (χ1) is 19.5. The first-order valence-corrected chi connectivity index (χ1v) is 14.3. The maximum Gasteiger partial charge on any atom is 0.312 e. The number of ether oxygens (including phenoxy) is 6. The lowest BCUT2D eigenvalue weighted by Gasteiger charge is -2.59. The molecule has 0 amide bonds. The zero-order valence-corrected chi connectivity index (χ0v) is 25.0. The van der Waals surface area contributed by atoms with Crippen LogP contribution in [0.1, 0.15) is 54.4 Å². The third-order valence-corrected chi connectivity index (χ3v) is 9.42. The maximum atomic E-state index is 13.0. The molecule has 11 atom stereocenters. The molecule has 2 aliphatic heterocycles. The van der Waals surface area contributed by atoms with Crippen molar-refractivity contribution >= 4 is 41.4 Å². The Morgan fingerprint density at radius 1 is 1.00 bits per heavy atom. The quantitative estimate of drug-likeness (QED) is 0.145. The molecule has 0 aromatic carbocycles. The molecule has 0 aromatic rings. The highest BCUT2D eigenvalue weighted by atomic mass is 35.5. The second-order valence-electron chi connectivity index (χ2n) is 11.7.